The van der Waals surface area contributed by atoms with Crippen LogP contribution in [0, 0.1) is 5.92 Å². The van der Waals surface area contributed by atoms with Crippen molar-refractivity contribution in [3.05, 3.63) is 87.3 Å². The van der Waals surface area contributed by atoms with Crippen molar-refractivity contribution >= 4 is 31.5 Å². The monoisotopic (exact) mass is 568 g/mol. The van der Waals surface area contributed by atoms with E-state index < -0.39 is 20.0 Å². The number of carbonyl (C=O) groups excluding carboxylic acids is 1. The number of carbonyl (C=O) groups is 1. The molecule has 0 bridgehead atoms. The first-order chi connectivity index (χ1) is 18.5. The van der Waals surface area contributed by atoms with Crippen molar-refractivity contribution < 1.29 is 24.2 Å². The molecule has 39 heavy (non-hydrogen) atoms. The van der Waals surface area contributed by atoms with Gasteiger partial charge in [0.1, 0.15) is 0 Å². The van der Waals surface area contributed by atoms with Gasteiger partial charge in [0.15, 0.2) is 19.7 Å². The van der Waals surface area contributed by atoms with Crippen molar-refractivity contribution in [1.82, 2.24) is 4.57 Å². The first-order valence-corrected chi connectivity index (χ1v) is 16.4. The summed E-state index contributed by atoms with van der Waals surface area (Å²) in [6.07, 6.45) is 1.54. The first-order valence-electron chi connectivity index (χ1n) is 13.0. The molecule has 3 heterocycles. The van der Waals surface area contributed by atoms with E-state index in [0.29, 0.717) is 28.4 Å². The zero-order valence-electron chi connectivity index (χ0n) is 22.4. The van der Waals surface area contributed by atoms with Gasteiger partial charge in [-0.05, 0) is 67.5 Å². The molecule has 1 spiro atoms. The Morgan fingerprint density at radius 1 is 1.13 bits per heavy atom. The van der Waals surface area contributed by atoms with Crippen molar-refractivity contribution in [2.75, 3.05) is 18.6 Å². The summed E-state index contributed by atoms with van der Waals surface area (Å²) in [5, 5.41) is 10.2. The van der Waals surface area contributed by atoms with E-state index in [1.165, 1.54) is 11.7 Å². The molecule has 2 aliphatic heterocycles. The summed E-state index contributed by atoms with van der Waals surface area (Å²) in [5.74, 6) is -0.322. The van der Waals surface area contributed by atoms with E-state index >= 15 is 0 Å². The molecule has 8 nitrogen and oxygen atoms in total. The number of pyridine rings is 1. The van der Waals surface area contributed by atoms with Crippen LogP contribution in [0.1, 0.15) is 24.5 Å². The molecule has 0 saturated carbocycles. The summed E-state index contributed by atoms with van der Waals surface area (Å²) in [4.78, 5) is 40.1. The van der Waals surface area contributed by atoms with Crippen LogP contribution >= 0.6 is 11.6 Å². The number of hydrogen-bond donors (Lipinski definition) is 2. The largest absolute Gasteiger partial charge is 0.491 e. The number of ether oxygens (including phenoxy) is 2. The molecule has 1 fully saturated rings. The zero-order chi connectivity index (χ0) is 28.1. The SMILES string of the molecule is COc1cccn(-c2cccc(CN3C(=O)[C@@]4(O[C@@H](CCO)[C@H]([Si](C)(C)O)[C@H]4C)c4cc(Cl)ccc43)c2)c1=O. The van der Waals surface area contributed by atoms with E-state index in [4.69, 9.17) is 21.1 Å². The second-order valence-corrected chi connectivity index (χ2v) is 15.3. The van der Waals surface area contributed by atoms with Gasteiger partial charge in [-0.1, -0.05) is 30.7 Å². The predicted molar refractivity (Wildman–Crippen MR) is 152 cm³/mol. The minimum Gasteiger partial charge on any atom is -0.491 e. The summed E-state index contributed by atoms with van der Waals surface area (Å²) < 4.78 is 13.3. The van der Waals surface area contributed by atoms with Crippen molar-refractivity contribution in [2.45, 2.75) is 50.2 Å². The minimum absolute atomic E-state index is 0.106. The van der Waals surface area contributed by atoms with Crippen molar-refractivity contribution in [2.24, 2.45) is 5.92 Å². The molecule has 1 amide bonds. The van der Waals surface area contributed by atoms with E-state index in [2.05, 4.69) is 0 Å². The highest BCUT2D eigenvalue weighted by atomic mass is 35.5. The van der Waals surface area contributed by atoms with Gasteiger partial charge in [0.25, 0.3) is 11.5 Å². The second kappa shape index (κ2) is 10.2. The minimum atomic E-state index is -2.78. The lowest BCUT2D eigenvalue weighted by Crippen LogP contribution is -2.46. The molecular formula is C29H33ClN2O6Si. The van der Waals surface area contributed by atoms with Gasteiger partial charge in [-0.2, -0.15) is 0 Å². The van der Waals surface area contributed by atoms with E-state index in [-0.39, 0.29) is 41.8 Å². The molecule has 5 rings (SSSR count). The third-order valence-corrected chi connectivity index (χ3v) is 10.8. The quantitative estimate of drug-likeness (QED) is 0.414. The average molecular weight is 569 g/mol. The highest BCUT2D eigenvalue weighted by molar-refractivity contribution is 6.71. The number of hydrogen-bond acceptors (Lipinski definition) is 6. The standard InChI is InChI=1S/C29H33ClN2O6Si/c1-18-26(39(3,4)36)24(12-14-33)38-29(18)22-16-20(30)10-11-23(22)32(28(29)35)17-19-7-5-8-21(15-19)31-13-6-9-25(37-2)27(31)34/h5-11,13,15-16,18,24,26,33,36H,12,14,17H2,1-4H3/t18-,24+,26-,29+/m1/s1. The molecule has 4 atom stereocenters. The summed E-state index contributed by atoms with van der Waals surface area (Å²) in [6, 6.07) is 16.2. The smallest absolute Gasteiger partial charge is 0.297 e. The van der Waals surface area contributed by atoms with Crippen molar-refractivity contribution in [1.29, 1.82) is 0 Å². The van der Waals surface area contributed by atoms with Crippen LogP contribution < -0.4 is 15.2 Å². The van der Waals surface area contributed by atoms with Crippen molar-refractivity contribution in [3.8, 4) is 11.4 Å². The lowest BCUT2D eigenvalue weighted by atomic mass is 9.82. The van der Waals surface area contributed by atoms with E-state index in [9.17, 15) is 19.5 Å². The molecular weight excluding hydrogens is 536 g/mol. The van der Waals surface area contributed by atoms with Gasteiger partial charge in [-0.15, -0.1) is 0 Å². The number of aliphatic hydroxyl groups excluding tert-OH is 1. The average Bonchev–Trinajstić information content (AvgIpc) is 3.31. The highest BCUT2D eigenvalue weighted by Crippen LogP contribution is 2.60. The maximum absolute atomic E-state index is 14.4. The third kappa shape index (κ3) is 4.52. The third-order valence-electron chi connectivity index (χ3n) is 8.02. The summed E-state index contributed by atoms with van der Waals surface area (Å²) >= 11 is 6.43. The molecule has 1 saturated heterocycles. The van der Waals surface area contributed by atoms with Crippen LogP contribution in [0.4, 0.5) is 5.69 Å². The summed E-state index contributed by atoms with van der Waals surface area (Å²) in [5.41, 5.74) is 0.980. The van der Waals surface area contributed by atoms with Gasteiger partial charge in [-0.3, -0.25) is 14.2 Å². The Kier molecular flexibility index (Phi) is 7.24. The molecule has 2 aliphatic rings. The maximum Gasteiger partial charge on any atom is 0.297 e. The number of methoxy groups -OCH3 is 1. The number of amides is 1. The Balaban J connectivity index is 1.56. The molecule has 10 heteroatoms. The first kappa shape index (κ1) is 27.6. The fourth-order valence-electron chi connectivity index (χ4n) is 6.42. The van der Waals surface area contributed by atoms with Gasteiger partial charge in [0.05, 0.1) is 25.4 Å². The number of fused-ring (bicyclic) bond motifs is 2. The number of rotatable bonds is 7. The number of anilines is 1. The predicted octanol–water partition coefficient (Wildman–Crippen LogP) is 4.23. The zero-order valence-corrected chi connectivity index (χ0v) is 24.2. The fourth-order valence-corrected chi connectivity index (χ4v) is 9.20. The van der Waals surface area contributed by atoms with Gasteiger partial charge in [0.2, 0.25) is 0 Å². The van der Waals surface area contributed by atoms with Gasteiger partial charge in [-0.25, -0.2) is 0 Å². The lowest BCUT2D eigenvalue weighted by Gasteiger charge is -2.32. The van der Waals surface area contributed by atoms with Crippen LogP contribution in [-0.2, 0) is 21.7 Å². The Morgan fingerprint density at radius 2 is 1.90 bits per heavy atom. The maximum atomic E-state index is 14.4. The van der Waals surface area contributed by atoms with Crippen LogP contribution in [0.25, 0.3) is 5.69 Å². The number of nitrogens with zero attached hydrogens (tertiary/aromatic N) is 2. The second-order valence-electron chi connectivity index (χ2n) is 10.8. The number of halogens is 1. The molecule has 0 aliphatic carbocycles. The van der Waals surface area contributed by atoms with E-state index in [1.807, 2.05) is 50.3 Å². The van der Waals surface area contributed by atoms with E-state index in [0.717, 1.165) is 5.56 Å². The van der Waals surface area contributed by atoms with Crippen LogP contribution in [0.3, 0.4) is 0 Å². The molecule has 3 aromatic rings. The Morgan fingerprint density at radius 3 is 2.59 bits per heavy atom. The van der Waals surface area contributed by atoms with Gasteiger partial charge in [0, 0.05) is 40.5 Å². The van der Waals surface area contributed by atoms with Crippen LogP contribution in [-0.4, -0.2) is 48.5 Å². The van der Waals surface area contributed by atoms with Crippen LogP contribution in [0.2, 0.25) is 23.7 Å². The molecule has 1 aromatic heterocycles. The molecule has 0 radical (unpaired) electrons. The molecule has 206 valence electrons. The number of aromatic nitrogens is 1. The fraction of sp³-hybridized carbons (Fsp3) is 0.379. The molecule has 2 N–H and O–H groups in total. The Hall–Kier alpha value is -2.95. The Bertz CT molecular complexity index is 1470. The molecule has 0 unspecified atom stereocenters. The van der Waals surface area contributed by atoms with Crippen molar-refractivity contribution in [3.63, 3.8) is 0 Å². The van der Waals surface area contributed by atoms with Crippen LogP contribution in [0.5, 0.6) is 5.75 Å². The normalized spacial score (nSPS) is 24.4. The number of benzene rings is 2. The summed E-state index contributed by atoms with van der Waals surface area (Å²) in [7, 11) is -1.33. The summed E-state index contributed by atoms with van der Waals surface area (Å²) in [6.45, 7) is 5.79. The van der Waals surface area contributed by atoms with E-state index in [1.54, 1.807) is 35.4 Å². The Labute approximate surface area is 233 Å². The topological polar surface area (TPSA) is 101 Å². The highest BCUT2D eigenvalue weighted by Gasteiger charge is 2.66. The van der Waals surface area contributed by atoms with Gasteiger partial charge < -0.3 is 24.3 Å². The lowest BCUT2D eigenvalue weighted by molar-refractivity contribution is -0.146. The molecule has 2 aromatic carbocycles. The van der Waals surface area contributed by atoms with Crippen LogP contribution in [0.15, 0.2) is 65.6 Å². The van der Waals surface area contributed by atoms with Gasteiger partial charge >= 0.3 is 0 Å². The number of aliphatic hydroxyl groups is 1.